The average Bonchev–Trinajstić information content (AvgIpc) is 3.15. The molecule has 0 saturated heterocycles. The highest BCUT2D eigenvalue weighted by Crippen LogP contribution is 2.29. The van der Waals surface area contributed by atoms with Crippen LogP contribution < -0.4 is 11.5 Å². The molecule has 1 atom stereocenters. The molecule has 4 aromatic rings. The number of aryl methyl sites for hydroxylation is 2. The van der Waals surface area contributed by atoms with Gasteiger partial charge in [-0.2, -0.15) is 0 Å². The molecular formula is C24H28N6O. The topological polar surface area (TPSA) is 113 Å². The molecule has 3 aromatic heterocycles. The molecule has 0 radical (unpaired) electrons. The molecule has 1 aromatic carbocycles. The second-order valence-electron chi connectivity index (χ2n) is 7.93. The number of benzene rings is 1. The summed E-state index contributed by atoms with van der Waals surface area (Å²) in [5.74, 6) is 0.805. The summed E-state index contributed by atoms with van der Waals surface area (Å²) in [5.41, 5.74) is 16.2. The van der Waals surface area contributed by atoms with Gasteiger partial charge in [0.25, 0.3) is 0 Å². The van der Waals surface area contributed by atoms with Gasteiger partial charge in [0.2, 0.25) is 5.91 Å². The number of aromatic nitrogens is 4. The molecule has 31 heavy (non-hydrogen) atoms. The third-order valence-electron chi connectivity index (χ3n) is 5.72. The van der Waals surface area contributed by atoms with Gasteiger partial charge in [-0.3, -0.25) is 9.78 Å². The zero-order valence-corrected chi connectivity index (χ0v) is 17.8. The molecule has 0 aliphatic carbocycles. The number of anilines is 1. The highest BCUT2D eigenvalue weighted by Gasteiger charge is 2.21. The Morgan fingerprint density at radius 3 is 2.65 bits per heavy atom. The van der Waals surface area contributed by atoms with Crippen LogP contribution in [-0.2, 0) is 24.2 Å². The number of nitrogens with two attached hydrogens (primary N) is 2. The van der Waals surface area contributed by atoms with Crippen LogP contribution in [0.1, 0.15) is 37.6 Å². The van der Waals surface area contributed by atoms with Gasteiger partial charge in [-0.25, -0.2) is 9.97 Å². The lowest BCUT2D eigenvalue weighted by Gasteiger charge is -2.16. The van der Waals surface area contributed by atoms with Crippen LogP contribution in [-0.4, -0.2) is 25.4 Å². The summed E-state index contributed by atoms with van der Waals surface area (Å²) in [6.45, 7) is 2.77. The van der Waals surface area contributed by atoms with E-state index >= 15 is 0 Å². The zero-order chi connectivity index (χ0) is 21.8. The molecule has 0 saturated carbocycles. The van der Waals surface area contributed by atoms with E-state index < -0.39 is 0 Å². The Morgan fingerprint density at radius 1 is 1.10 bits per heavy atom. The van der Waals surface area contributed by atoms with E-state index in [0.29, 0.717) is 30.7 Å². The number of carbonyl (C=O) groups is 1. The maximum atomic E-state index is 12.2. The van der Waals surface area contributed by atoms with Crippen LogP contribution in [0.2, 0.25) is 0 Å². The van der Waals surface area contributed by atoms with E-state index in [1.165, 1.54) is 0 Å². The third-order valence-corrected chi connectivity index (χ3v) is 5.72. The van der Waals surface area contributed by atoms with Gasteiger partial charge in [-0.15, -0.1) is 0 Å². The van der Waals surface area contributed by atoms with E-state index in [0.717, 1.165) is 47.2 Å². The Labute approximate surface area is 181 Å². The second kappa shape index (κ2) is 9.12. The maximum absolute atomic E-state index is 12.2. The Bertz CT molecular complexity index is 1200. The van der Waals surface area contributed by atoms with E-state index in [1.807, 2.05) is 42.5 Å². The summed E-state index contributed by atoms with van der Waals surface area (Å²) >= 11 is 0. The number of amides is 1. The third kappa shape index (κ3) is 4.35. The molecule has 0 aliphatic rings. The lowest BCUT2D eigenvalue weighted by atomic mass is 9.95. The average molecular weight is 417 g/mol. The number of hydrogen-bond donors (Lipinski definition) is 2. The Balaban J connectivity index is 1.73. The summed E-state index contributed by atoms with van der Waals surface area (Å²) in [4.78, 5) is 26.1. The number of nitrogen functional groups attached to an aromatic ring is 1. The first kappa shape index (κ1) is 20.8. The number of nitrogens with zero attached hydrogens (tertiary/aromatic N) is 4. The summed E-state index contributed by atoms with van der Waals surface area (Å²) in [7, 11) is 0. The quantitative estimate of drug-likeness (QED) is 0.432. The molecule has 7 nitrogen and oxygen atoms in total. The fraction of sp³-hybridized carbons (Fsp3) is 0.333. The minimum atomic E-state index is -0.285. The minimum Gasteiger partial charge on any atom is -0.382 e. The highest BCUT2D eigenvalue weighted by molar-refractivity contribution is 6.04. The molecule has 1 amide bonds. The van der Waals surface area contributed by atoms with E-state index in [-0.39, 0.29) is 11.8 Å². The number of fused-ring (bicyclic) bond motifs is 3. The second-order valence-corrected chi connectivity index (χ2v) is 7.93. The number of pyridine rings is 2. The zero-order valence-electron chi connectivity index (χ0n) is 17.8. The van der Waals surface area contributed by atoms with Gasteiger partial charge in [0.1, 0.15) is 22.4 Å². The van der Waals surface area contributed by atoms with Gasteiger partial charge in [-0.1, -0.05) is 43.7 Å². The van der Waals surface area contributed by atoms with Crippen molar-refractivity contribution in [1.29, 1.82) is 0 Å². The summed E-state index contributed by atoms with van der Waals surface area (Å²) < 4.78 is 2.17. The van der Waals surface area contributed by atoms with Crippen LogP contribution in [0.15, 0.2) is 48.7 Å². The predicted molar refractivity (Wildman–Crippen MR) is 123 cm³/mol. The number of hydrogen-bond acceptors (Lipinski definition) is 5. The fourth-order valence-electron chi connectivity index (χ4n) is 4.07. The van der Waals surface area contributed by atoms with E-state index in [4.69, 9.17) is 16.5 Å². The molecule has 7 heteroatoms. The summed E-state index contributed by atoms with van der Waals surface area (Å²) in [6, 6.07) is 13.7. The normalized spacial score (nSPS) is 12.4. The van der Waals surface area contributed by atoms with Crippen molar-refractivity contribution in [2.45, 2.75) is 45.6 Å². The standard InChI is InChI=1S/C24H28N6O/c1-2-3-11-19-29-21-22(20-18(28-23(21)25)10-7-13-27-20)30(19)14-12-17(24(26)31)15-16-8-5-4-6-9-16/h4-10,13,17H,2-3,11-12,14-15H2,1H3,(H2,25,28)(H2,26,31). The highest BCUT2D eigenvalue weighted by atomic mass is 16.1. The lowest BCUT2D eigenvalue weighted by molar-refractivity contribution is -0.122. The molecule has 0 bridgehead atoms. The first-order chi connectivity index (χ1) is 15.1. The van der Waals surface area contributed by atoms with Crippen molar-refractivity contribution in [3.8, 4) is 0 Å². The lowest BCUT2D eigenvalue weighted by Crippen LogP contribution is -2.26. The number of unbranched alkanes of at least 4 members (excludes halogenated alkanes) is 1. The number of imidazole rings is 1. The molecule has 0 spiro atoms. The van der Waals surface area contributed by atoms with Gasteiger partial charge in [0.05, 0.1) is 5.52 Å². The Hall–Kier alpha value is -3.48. The smallest absolute Gasteiger partial charge is 0.220 e. The van der Waals surface area contributed by atoms with E-state index in [9.17, 15) is 4.79 Å². The monoisotopic (exact) mass is 416 g/mol. The minimum absolute atomic E-state index is 0.266. The number of carbonyl (C=O) groups excluding carboxylic acids is 1. The van der Waals surface area contributed by atoms with Crippen molar-refractivity contribution in [3.63, 3.8) is 0 Å². The van der Waals surface area contributed by atoms with Crippen LogP contribution in [0.3, 0.4) is 0 Å². The fourth-order valence-corrected chi connectivity index (χ4v) is 4.07. The van der Waals surface area contributed by atoms with Gasteiger partial charge >= 0.3 is 0 Å². The molecule has 4 rings (SSSR count). The van der Waals surface area contributed by atoms with Crippen molar-refractivity contribution in [2.75, 3.05) is 5.73 Å². The predicted octanol–water partition coefficient (Wildman–Crippen LogP) is 3.64. The van der Waals surface area contributed by atoms with Crippen LogP contribution in [0, 0.1) is 5.92 Å². The van der Waals surface area contributed by atoms with Gasteiger partial charge in [0.15, 0.2) is 5.82 Å². The first-order valence-corrected chi connectivity index (χ1v) is 10.8. The summed E-state index contributed by atoms with van der Waals surface area (Å²) in [5, 5.41) is 0. The van der Waals surface area contributed by atoms with Crippen LogP contribution >= 0.6 is 0 Å². The van der Waals surface area contributed by atoms with Crippen molar-refractivity contribution in [1.82, 2.24) is 19.5 Å². The van der Waals surface area contributed by atoms with E-state index in [2.05, 4.69) is 21.5 Å². The Morgan fingerprint density at radius 2 is 1.90 bits per heavy atom. The molecular weight excluding hydrogens is 388 g/mol. The molecule has 3 heterocycles. The molecule has 0 fully saturated rings. The van der Waals surface area contributed by atoms with Gasteiger partial charge in [0, 0.05) is 25.1 Å². The van der Waals surface area contributed by atoms with Crippen LogP contribution in [0.25, 0.3) is 22.1 Å². The molecule has 0 aliphatic heterocycles. The van der Waals surface area contributed by atoms with Crippen molar-refractivity contribution in [3.05, 3.63) is 60.0 Å². The SMILES string of the molecule is CCCCc1nc2c(N)nc3cccnc3c2n1CCC(Cc1ccccc1)C(N)=O. The van der Waals surface area contributed by atoms with E-state index in [1.54, 1.807) is 6.20 Å². The largest absolute Gasteiger partial charge is 0.382 e. The van der Waals surface area contributed by atoms with Gasteiger partial charge < -0.3 is 16.0 Å². The number of rotatable bonds is 9. The number of primary amides is 1. The van der Waals surface area contributed by atoms with Crippen LogP contribution in [0.5, 0.6) is 0 Å². The molecule has 4 N–H and O–H groups in total. The van der Waals surface area contributed by atoms with Crippen LogP contribution in [0.4, 0.5) is 5.82 Å². The van der Waals surface area contributed by atoms with Gasteiger partial charge in [-0.05, 0) is 37.0 Å². The van der Waals surface area contributed by atoms with Crippen molar-refractivity contribution < 1.29 is 4.79 Å². The summed E-state index contributed by atoms with van der Waals surface area (Å²) in [6.07, 6.45) is 5.91. The van der Waals surface area contributed by atoms with Crippen molar-refractivity contribution >= 4 is 33.8 Å². The first-order valence-electron chi connectivity index (χ1n) is 10.8. The van der Waals surface area contributed by atoms with Crippen molar-refractivity contribution in [2.24, 2.45) is 11.7 Å². The Kier molecular flexibility index (Phi) is 6.11. The molecule has 160 valence electrons. The molecule has 1 unspecified atom stereocenters. The maximum Gasteiger partial charge on any atom is 0.220 e.